The summed E-state index contributed by atoms with van der Waals surface area (Å²) in [4.78, 5) is 14.1. The van der Waals surface area contributed by atoms with Gasteiger partial charge in [-0.15, -0.1) is 54.1 Å². The number of aromatic nitrogens is 3. The van der Waals surface area contributed by atoms with E-state index in [0.717, 1.165) is 61.3 Å². The van der Waals surface area contributed by atoms with Crippen molar-refractivity contribution in [3.05, 3.63) is 162 Å². The van der Waals surface area contributed by atoms with Crippen LogP contribution in [0, 0.1) is 44.7 Å². The zero-order chi connectivity index (χ0) is 38.0. The van der Waals surface area contributed by atoms with E-state index in [-0.39, 0.29) is 31.9 Å². The molecule has 0 aliphatic heterocycles. The van der Waals surface area contributed by atoms with E-state index in [1.54, 1.807) is 6.20 Å². The normalized spacial score (nSPS) is 11.7. The molecule has 0 fully saturated rings. The number of benzene rings is 4. The summed E-state index contributed by atoms with van der Waals surface area (Å²) in [5.41, 5.74) is 13.8. The van der Waals surface area contributed by atoms with Crippen LogP contribution in [0.5, 0.6) is 0 Å². The molecule has 5 heteroatoms. The molecule has 4 heterocycles. The molecule has 0 unspecified atom stereocenters. The fourth-order valence-corrected chi connectivity index (χ4v) is 7.47. The zero-order valence-electron chi connectivity index (χ0n) is 32.9. The Balaban J connectivity index is 0.000000336. The Morgan fingerprint density at radius 2 is 1.35 bits per heavy atom. The Labute approximate surface area is 334 Å². The Bertz CT molecular complexity index is 2480. The van der Waals surface area contributed by atoms with Crippen molar-refractivity contribution in [3.8, 4) is 44.9 Å². The van der Waals surface area contributed by atoms with Crippen molar-refractivity contribution in [1.82, 2.24) is 15.0 Å². The second kappa shape index (κ2) is 16.8. The first-order valence-corrected chi connectivity index (χ1v) is 18.3. The van der Waals surface area contributed by atoms with Crippen LogP contribution in [0.4, 0.5) is 0 Å². The number of aryl methyl sites for hydroxylation is 3. The van der Waals surface area contributed by atoms with Crippen LogP contribution in [0.25, 0.3) is 67.0 Å². The van der Waals surface area contributed by atoms with E-state index in [9.17, 15) is 1.37 Å². The topological polar surface area (TPSA) is 51.8 Å². The van der Waals surface area contributed by atoms with Gasteiger partial charge in [0.15, 0.2) is 0 Å². The van der Waals surface area contributed by atoms with Crippen LogP contribution in [0.15, 0.2) is 132 Å². The summed E-state index contributed by atoms with van der Waals surface area (Å²) >= 11 is 0. The van der Waals surface area contributed by atoms with Crippen LogP contribution < -0.4 is 0 Å². The molecular weight excluding hydrogens is 839 g/mol. The zero-order valence-corrected chi connectivity index (χ0v) is 34.3. The molecule has 8 rings (SSSR count). The summed E-state index contributed by atoms with van der Waals surface area (Å²) in [5, 5.41) is 1.96. The molecule has 0 atom stereocenters. The van der Waals surface area contributed by atoms with Gasteiger partial charge in [-0.25, -0.2) is 4.98 Å². The van der Waals surface area contributed by atoms with E-state index < -0.39 is 5.89 Å². The maximum atomic E-state index is 9.29. The molecule has 0 N–H and O–H groups in total. The number of pyridine rings is 3. The number of hydrogen-bond donors (Lipinski definition) is 0. The predicted molar refractivity (Wildman–Crippen MR) is 220 cm³/mol. The van der Waals surface area contributed by atoms with Crippen molar-refractivity contribution in [2.24, 2.45) is 11.8 Å². The molecule has 54 heavy (non-hydrogen) atoms. The third-order valence-corrected chi connectivity index (χ3v) is 9.77. The van der Waals surface area contributed by atoms with E-state index in [4.69, 9.17) is 14.4 Å². The van der Waals surface area contributed by atoms with Gasteiger partial charge < -0.3 is 14.4 Å². The average molecular weight is 885 g/mol. The smallest absolute Gasteiger partial charge is 0.216 e. The first-order chi connectivity index (χ1) is 26.1. The maximum Gasteiger partial charge on any atom is 0.216 e. The third kappa shape index (κ3) is 7.99. The van der Waals surface area contributed by atoms with Crippen molar-refractivity contribution < 1.29 is 25.9 Å². The standard InChI is InChI=1S/C38H37N2O.C11H8N.Ir/c1-22(2)35(23(3)4)32-21-39-34(20-24(32)5)31-15-11-14-29-30-16-17-33(40-38(30)41-37(29)31)36-25(6)18-28(19-26(36)7)27-12-9-8-10-13-27;1-2-6-10(7-3-1)11-8-4-5-9-12-11;/h8-14,16-23,35H,1-7H3;1-6,8-9H;/q2*-1;/i35D;;. The number of hydrogen-bond acceptors (Lipinski definition) is 4. The molecule has 0 bridgehead atoms. The number of fused-ring (bicyclic) bond motifs is 3. The average Bonchev–Trinajstić information content (AvgIpc) is 3.56. The second-order valence-corrected chi connectivity index (χ2v) is 14.2. The molecular formula is C49H45IrN3O-2. The van der Waals surface area contributed by atoms with Crippen molar-refractivity contribution in [1.29, 1.82) is 0 Å². The molecule has 273 valence electrons. The minimum atomic E-state index is -0.708. The summed E-state index contributed by atoms with van der Waals surface area (Å²) in [7, 11) is 0. The van der Waals surface area contributed by atoms with Gasteiger partial charge in [0.1, 0.15) is 0 Å². The van der Waals surface area contributed by atoms with Crippen molar-refractivity contribution in [2.75, 3.05) is 0 Å². The maximum absolute atomic E-state index is 9.29. The molecule has 0 spiro atoms. The van der Waals surface area contributed by atoms with Crippen LogP contribution in [-0.4, -0.2) is 15.0 Å². The fourth-order valence-electron chi connectivity index (χ4n) is 7.47. The summed E-state index contributed by atoms with van der Waals surface area (Å²) < 4.78 is 15.8. The van der Waals surface area contributed by atoms with Crippen LogP contribution >= 0.6 is 0 Å². The second-order valence-electron chi connectivity index (χ2n) is 14.2. The van der Waals surface area contributed by atoms with Gasteiger partial charge >= 0.3 is 0 Å². The molecule has 0 aliphatic carbocycles. The Morgan fingerprint density at radius 3 is 2.00 bits per heavy atom. The molecule has 4 aromatic heterocycles. The van der Waals surface area contributed by atoms with Gasteiger partial charge in [-0.2, -0.15) is 0 Å². The van der Waals surface area contributed by atoms with Crippen LogP contribution in [-0.2, 0) is 20.1 Å². The van der Waals surface area contributed by atoms with E-state index >= 15 is 0 Å². The van der Waals surface area contributed by atoms with Crippen LogP contribution in [0.1, 0.15) is 57.2 Å². The summed E-state index contributed by atoms with van der Waals surface area (Å²) in [6.07, 6.45) is 3.67. The van der Waals surface area contributed by atoms with Gasteiger partial charge in [0.05, 0.1) is 11.3 Å². The molecule has 0 saturated heterocycles. The van der Waals surface area contributed by atoms with Crippen molar-refractivity contribution in [2.45, 2.75) is 54.4 Å². The predicted octanol–water partition coefficient (Wildman–Crippen LogP) is 13.0. The van der Waals surface area contributed by atoms with Crippen LogP contribution in [0.3, 0.4) is 0 Å². The minimum Gasteiger partial charge on any atom is -0.486 e. The first-order valence-electron chi connectivity index (χ1n) is 18.8. The van der Waals surface area contributed by atoms with Crippen molar-refractivity contribution in [3.63, 3.8) is 0 Å². The van der Waals surface area contributed by atoms with Crippen molar-refractivity contribution >= 4 is 22.1 Å². The Kier molecular flexibility index (Phi) is 11.6. The monoisotopic (exact) mass is 885 g/mol. The summed E-state index contributed by atoms with van der Waals surface area (Å²) in [5.74, 6) is -0.381. The van der Waals surface area contributed by atoms with Gasteiger partial charge in [0.25, 0.3) is 0 Å². The largest absolute Gasteiger partial charge is 0.486 e. The fraction of sp³-hybridized carbons (Fsp3) is 0.204. The van der Waals surface area contributed by atoms with Gasteiger partial charge in [0.2, 0.25) is 5.71 Å². The minimum absolute atomic E-state index is 0. The van der Waals surface area contributed by atoms with E-state index in [0.29, 0.717) is 5.71 Å². The Morgan fingerprint density at radius 1 is 0.630 bits per heavy atom. The molecule has 0 saturated carbocycles. The quantitative estimate of drug-likeness (QED) is 0.150. The van der Waals surface area contributed by atoms with Crippen LogP contribution in [0.2, 0.25) is 0 Å². The Hall–Kier alpha value is -5.22. The molecule has 1 radical (unpaired) electrons. The third-order valence-electron chi connectivity index (χ3n) is 9.77. The van der Waals surface area contributed by atoms with Gasteiger partial charge in [-0.05, 0) is 95.9 Å². The molecule has 4 aromatic carbocycles. The van der Waals surface area contributed by atoms with E-state index in [2.05, 4.69) is 120 Å². The van der Waals surface area contributed by atoms with E-state index in [1.807, 2.05) is 66.9 Å². The number of rotatable bonds is 7. The summed E-state index contributed by atoms with van der Waals surface area (Å²) in [6, 6.07) is 45.4. The first kappa shape index (κ1) is 37.1. The molecule has 4 nitrogen and oxygen atoms in total. The number of nitrogens with zero attached hydrogens (tertiary/aromatic N) is 3. The van der Waals surface area contributed by atoms with Gasteiger partial charge in [-0.3, -0.25) is 0 Å². The van der Waals surface area contributed by atoms with Gasteiger partial charge in [0, 0.05) is 44.8 Å². The molecule has 0 amide bonds. The van der Waals surface area contributed by atoms with E-state index in [1.165, 1.54) is 22.3 Å². The number of furan rings is 1. The molecule has 0 aliphatic rings. The summed E-state index contributed by atoms with van der Waals surface area (Å²) in [6.45, 7) is 14.8. The SMILES string of the molecule is [2H]C(c1cnc(-c2[c-]ccc3c2oc2nc(-c4c(C)cc(-c5ccccc5)cc4C)ccc23)cc1C)(C(C)C)C(C)C.[Ir].[c-]1ccccc1-c1ccccn1. The van der Waals surface area contributed by atoms with Gasteiger partial charge in [-0.1, -0.05) is 105 Å². The molecule has 8 aromatic rings.